The number of aliphatic carboxylic acids is 4. The number of carboxylic acids is 4. The lowest BCUT2D eigenvalue weighted by Crippen LogP contribution is -2.59. The molecular formula is C19H33N4O8+. The third-order valence-corrected chi connectivity index (χ3v) is 4.70. The molecule has 0 aliphatic heterocycles. The first-order valence-corrected chi connectivity index (χ1v) is 10.1. The Balaban J connectivity index is 5.07. The summed E-state index contributed by atoms with van der Waals surface area (Å²) in [4.78, 5) is 46.5. The Labute approximate surface area is 181 Å². The van der Waals surface area contributed by atoms with E-state index < -0.39 is 48.0 Å². The highest BCUT2D eigenvalue weighted by atomic mass is 16.4. The molecule has 31 heavy (non-hydrogen) atoms. The molecule has 0 aromatic heterocycles. The highest BCUT2D eigenvalue weighted by Gasteiger charge is 2.36. The van der Waals surface area contributed by atoms with Gasteiger partial charge in [-0.1, -0.05) is 12.8 Å². The molecule has 0 saturated heterocycles. The number of quaternary nitrogens is 1. The zero-order chi connectivity index (χ0) is 23.7. The summed E-state index contributed by atoms with van der Waals surface area (Å²) in [7, 11) is 0. The third-order valence-electron chi connectivity index (χ3n) is 4.70. The van der Waals surface area contributed by atoms with Gasteiger partial charge < -0.3 is 25.7 Å². The minimum Gasteiger partial charge on any atom is -0.480 e. The number of hydrogen-bond acceptors (Lipinski definition) is 7. The topological polar surface area (TPSA) is 188 Å². The van der Waals surface area contributed by atoms with Crippen LogP contribution in [0.2, 0.25) is 0 Å². The second-order valence-electron chi connectivity index (χ2n) is 7.46. The van der Waals surface area contributed by atoms with Crippen molar-refractivity contribution >= 4 is 23.9 Å². The van der Waals surface area contributed by atoms with Crippen LogP contribution in [-0.2, 0) is 19.2 Å². The van der Waals surface area contributed by atoms with Gasteiger partial charge in [0, 0.05) is 26.1 Å². The van der Waals surface area contributed by atoms with Crippen molar-refractivity contribution in [3.63, 3.8) is 0 Å². The minimum atomic E-state index is -1.28. The summed E-state index contributed by atoms with van der Waals surface area (Å²) in [6, 6.07) is 2.08. The van der Waals surface area contributed by atoms with Gasteiger partial charge >= 0.3 is 23.9 Å². The number of unbranched alkanes of at least 4 members (excludes halogenated alkanes) is 4. The first-order valence-electron chi connectivity index (χ1n) is 10.1. The average Bonchev–Trinajstić information content (AvgIpc) is 2.63. The number of nitrogens with zero attached hydrogens (tertiary/aromatic N) is 3. The number of rotatable bonds is 20. The molecule has 0 fully saturated rings. The maximum Gasteiger partial charge on any atom is 0.359 e. The Morgan fingerprint density at radius 2 is 1.32 bits per heavy atom. The molecule has 0 unspecified atom stereocenters. The van der Waals surface area contributed by atoms with Gasteiger partial charge in [-0.15, -0.1) is 0 Å². The van der Waals surface area contributed by atoms with Gasteiger partial charge in [0.05, 0.1) is 19.2 Å². The lowest BCUT2D eigenvalue weighted by atomic mass is 10.1. The molecule has 0 aromatic carbocycles. The largest absolute Gasteiger partial charge is 0.480 e. The number of nitrogens with one attached hydrogen (secondary N) is 1. The van der Waals surface area contributed by atoms with Crippen LogP contribution in [0.1, 0.15) is 32.1 Å². The summed E-state index contributed by atoms with van der Waals surface area (Å²) in [6.45, 7) is -0.406. The molecule has 5 N–H and O–H groups in total. The van der Waals surface area contributed by atoms with E-state index in [0.29, 0.717) is 26.1 Å². The zero-order valence-corrected chi connectivity index (χ0v) is 17.7. The van der Waals surface area contributed by atoms with Gasteiger partial charge in [0.2, 0.25) is 0 Å². The lowest BCUT2D eigenvalue weighted by Gasteiger charge is -2.36. The Morgan fingerprint density at radius 3 is 1.81 bits per heavy atom. The smallest absolute Gasteiger partial charge is 0.359 e. The van der Waals surface area contributed by atoms with E-state index in [9.17, 15) is 34.5 Å². The second-order valence-corrected chi connectivity index (χ2v) is 7.46. The highest BCUT2D eigenvalue weighted by Crippen LogP contribution is 2.10. The number of carboxylic acid groups (broad SMARTS) is 4. The quantitative estimate of drug-likeness (QED) is 0.120. The van der Waals surface area contributed by atoms with E-state index in [0.717, 1.165) is 25.7 Å². The monoisotopic (exact) mass is 445 g/mol. The Kier molecular flexibility index (Phi) is 14.6. The van der Waals surface area contributed by atoms with Crippen molar-refractivity contribution in [3.8, 4) is 6.07 Å². The normalized spacial score (nSPS) is 11.2. The van der Waals surface area contributed by atoms with E-state index in [2.05, 4.69) is 11.4 Å². The fourth-order valence-corrected chi connectivity index (χ4v) is 3.28. The van der Waals surface area contributed by atoms with Crippen molar-refractivity contribution in [2.75, 3.05) is 58.9 Å². The van der Waals surface area contributed by atoms with E-state index >= 15 is 0 Å². The predicted octanol–water partition coefficient (Wildman–Crippen LogP) is -0.493. The summed E-state index contributed by atoms with van der Waals surface area (Å²) in [5, 5.41) is 47.7. The van der Waals surface area contributed by atoms with E-state index in [1.165, 1.54) is 0 Å². The van der Waals surface area contributed by atoms with Crippen LogP contribution < -0.4 is 5.32 Å². The van der Waals surface area contributed by atoms with E-state index in [1.807, 2.05) is 4.90 Å². The third kappa shape index (κ3) is 15.7. The number of carbonyl (C=O) groups is 4. The average molecular weight is 445 g/mol. The van der Waals surface area contributed by atoms with Gasteiger partial charge in [0.1, 0.15) is 0 Å². The minimum absolute atomic E-state index is 0.0122. The van der Waals surface area contributed by atoms with Gasteiger partial charge in [0.25, 0.3) is 0 Å². The number of nitriles is 1. The first-order chi connectivity index (χ1) is 14.6. The molecule has 0 atom stereocenters. The Morgan fingerprint density at radius 1 is 0.774 bits per heavy atom. The summed E-state index contributed by atoms with van der Waals surface area (Å²) in [6.07, 6.45) is 3.84. The van der Waals surface area contributed by atoms with Crippen LogP contribution in [0.4, 0.5) is 0 Å². The van der Waals surface area contributed by atoms with Crippen LogP contribution in [0, 0.1) is 11.3 Å². The van der Waals surface area contributed by atoms with Crippen molar-refractivity contribution in [1.29, 1.82) is 5.26 Å². The summed E-state index contributed by atoms with van der Waals surface area (Å²) < 4.78 is -0.624. The van der Waals surface area contributed by atoms with Gasteiger partial charge in [-0.05, 0) is 19.4 Å². The zero-order valence-electron chi connectivity index (χ0n) is 17.7. The molecule has 0 heterocycles. The molecule has 12 nitrogen and oxygen atoms in total. The molecule has 12 heteroatoms. The van der Waals surface area contributed by atoms with Crippen molar-refractivity contribution in [3.05, 3.63) is 0 Å². The molecule has 0 aliphatic rings. The molecule has 0 aliphatic carbocycles. The van der Waals surface area contributed by atoms with E-state index in [-0.39, 0.29) is 19.6 Å². The molecule has 0 spiro atoms. The fraction of sp³-hybridized carbons (Fsp3) is 0.737. The van der Waals surface area contributed by atoms with Crippen molar-refractivity contribution < 1.29 is 44.1 Å². The van der Waals surface area contributed by atoms with Crippen molar-refractivity contribution in [2.45, 2.75) is 32.1 Å². The fourth-order valence-electron chi connectivity index (χ4n) is 3.28. The van der Waals surface area contributed by atoms with Crippen LogP contribution in [0.25, 0.3) is 0 Å². The lowest BCUT2D eigenvalue weighted by molar-refractivity contribution is -0.907. The molecule has 0 aromatic rings. The molecule has 0 saturated carbocycles. The van der Waals surface area contributed by atoms with Crippen LogP contribution in [0.3, 0.4) is 0 Å². The van der Waals surface area contributed by atoms with Gasteiger partial charge in [-0.2, -0.15) is 5.26 Å². The Hall–Kier alpha value is -2.75. The van der Waals surface area contributed by atoms with Crippen LogP contribution in [0.5, 0.6) is 0 Å². The maximum atomic E-state index is 11.3. The van der Waals surface area contributed by atoms with E-state index in [1.54, 1.807) is 0 Å². The van der Waals surface area contributed by atoms with E-state index in [4.69, 9.17) is 10.4 Å². The molecule has 0 bridgehead atoms. The molecule has 0 amide bonds. The van der Waals surface area contributed by atoms with Crippen molar-refractivity contribution in [2.24, 2.45) is 0 Å². The van der Waals surface area contributed by atoms with Crippen molar-refractivity contribution in [1.82, 2.24) is 10.2 Å². The first kappa shape index (κ1) is 28.2. The van der Waals surface area contributed by atoms with Gasteiger partial charge in [-0.3, -0.25) is 14.2 Å². The van der Waals surface area contributed by atoms with Gasteiger partial charge in [0.15, 0.2) is 19.6 Å². The standard InChI is InChI=1S/C19H32N4O8/c20-6-4-2-1-3-5-8-22(9-7-21-12-16(24)25)10-11-23(13-17(26)27,14-18(28)29)15-19(30)31/h21H,1-5,7-15H2,(H3-,24,25,26,27,28,29,30,31)/p+1. The highest BCUT2D eigenvalue weighted by molar-refractivity contribution is 5.73. The predicted molar refractivity (Wildman–Crippen MR) is 108 cm³/mol. The SMILES string of the molecule is N#CCCCCCCN(CCNCC(=O)O)CC[N+](CC(=O)O)(CC(=O)O)CC(=O)O. The molecule has 0 radical (unpaired) electrons. The van der Waals surface area contributed by atoms with Crippen LogP contribution in [0.15, 0.2) is 0 Å². The second kappa shape index (κ2) is 16.0. The van der Waals surface area contributed by atoms with Crippen LogP contribution in [-0.4, -0.2) is 113 Å². The number of hydrogen-bond donors (Lipinski definition) is 5. The molecular weight excluding hydrogens is 412 g/mol. The summed E-state index contributed by atoms with van der Waals surface area (Å²) in [5.74, 6) is -4.84. The van der Waals surface area contributed by atoms with Crippen LogP contribution >= 0.6 is 0 Å². The summed E-state index contributed by atoms with van der Waals surface area (Å²) >= 11 is 0. The molecule has 176 valence electrons. The Bertz CT molecular complexity index is 594. The van der Waals surface area contributed by atoms with Gasteiger partial charge in [-0.25, -0.2) is 14.4 Å². The maximum absolute atomic E-state index is 11.3. The molecule has 0 rings (SSSR count). The summed E-state index contributed by atoms with van der Waals surface area (Å²) in [5.41, 5.74) is 0.